The number of aliphatic hydroxyl groups is 1. The van der Waals surface area contributed by atoms with Gasteiger partial charge in [0.15, 0.2) is 0 Å². The molecule has 0 spiro atoms. The number of hydrogen-bond donors (Lipinski definition) is 3. The van der Waals surface area contributed by atoms with Crippen LogP contribution in [-0.2, 0) is 9.59 Å². The van der Waals surface area contributed by atoms with Gasteiger partial charge in [-0.3, -0.25) is 9.59 Å². The Morgan fingerprint density at radius 3 is 2.37 bits per heavy atom. The summed E-state index contributed by atoms with van der Waals surface area (Å²) in [6.07, 6.45) is 0.451. The molecule has 0 saturated heterocycles. The van der Waals surface area contributed by atoms with Gasteiger partial charge in [0.05, 0.1) is 5.60 Å². The molecule has 19 heavy (non-hydrogen) atoms. The van der Waals surface area contributed by atoms with E-state index in [2.05, 4.69) is 10.6 Å². The Bertz CT molecular complexity index is 457. The molecule has 0 aromatic heterocycles. The van der Waals surface area contributed by atoms with Crippen LogP contribution in [0.25, 0.3) is 0 Å². The van der Waals surface area contributed by atoms with Crippen LogP contribution < -0.4 is 10.6 Å². The van der Waals surface area contributed by atoms with E-state index in [9.17, 15) is 19.1 Å². The summed E-state index contributed by atoms with van der Waals surface area (Å²) in [5, 5.41) is 14.3. The molecular weight excluding hydrogens is 251 g/mol. The molecular formula is C13H17FN2O3. The van der Waals surface area contributed by atoms with Gasteiger partial charge in [-0.2, -0.15) is 0 Å². The van der Waals surface area contributed by atoms with Gasteiger partial charge in [0.2, 0.25) is 0 Å². The lowest BCUT2D eigenvalue weighted by atomic mass is 10.0. The van der Waals surface area contributed by atoms with Crippen LogP contribution in [0.4, 0.5) is 10.1 Å². The average molecular weight is 268 g/mol. The first-order valence-corrected chi connectivity index (χ1v) is 5.91. The van der Waals surface area contributed by atoms with Gasteiger partial charge in [-0.1, -0.05) is 6.92 Å². The SMILES string of the molecule is CC[C@](C)(O)CNC(=O)C(=O)Nc1ccc(F)cc1. The Morgan fingerprint density at radius 1 is 1.26 bits per heavy atom. The third-order valence-corrected chi connectivity index (χ3v) is 2.70. The standard InChI is InChI=1S/C13H17FN2O3/c1-3-13(2,19)8-15-11(17)12(18)16-10-6-4-9(14)5-7-10/h4-7,19H,3,8H2,1-2H3,(H,15,17)(H,16,18)/t13-/m0/s1. The van der Waals surface area contributed by atoms with E-state index in [1.54, 1.807) is 13.8 Å². The van der Waals surface area contributed by atoms with Gasteiger partial charge in [-0.15, -0.1) is 0 Å². The Morgan fingerprint density at radius 2 is 1.84 bits per heavy atom. The van der Waals surface area contributed by atoms with Crippen molar-refractivity contribution in [1.29, 1.82) is 0 Å². The van der Waals surface area contributed by atoms with Gasteiger partial charge in [0.25, 0.3) is 0 Å². The molecule has 3 N–H and O–H groups in total. The topological polar surface area (TPSA) is 78.4 Å². The zero-order chi connectivity index (χ0) is 14.5. The van der Waals surface area contributed by atoms with Crippen molar-refractivity contribution < 1.29 is 19.1 Å². The molecule has 0 radical (unpaired) electrons. The van der Waals surface area contributed by atoms with Crippen molar-refractivity contribution in [3.05, 3.63) is 30.1 Å². The van der Waals surface area contributed by atoms with E-state index in [0.717, 1.165) is 0 Å². The molecule has 1 atom stereocenters. The number of benzene rings is 1. The highest BCUT2D eigenvalue weighted by Crippen LogP contribution is 2.08. The van der Waals surface area contributed by atoms with Crippen LogP contribution in [0.2, 0.25) is 0 Å². The molecule has 1 rings (SSSR count). The lowest BCUT2D eigenvalue weighted by molar-refractivity contribution is -0.136. The number of hydrogen-bond acceptors (Lipinski definition) is 3. The van der Waals surface area contributed by atoms with Crippen molar-refractivity contribution in [3.8, 4) is 0 Å². The summed E-state index contributed by atoms with van der Waals surface area (Å²) < 4.78 is 12.7. The summed E-state index contributed by atoms with van der Waals surface area (Å²) in [6, 6.07) is 5.05. The predicted octanol–water partition coefficient (Wildman–Crippen LogP) is 1.04. The van der Waals surface area contributed by atoms with Crippen LogP contribution in [-0.4, -0.2) is 29.1 Å². The van der Waals surface area contributed by atoms with Gasteiger partial charge < -0.3 is 15.7 Å². The first-order valence-electron chi connectivity index (χ1n) is 5.91. The number of anilines is 1. The van der Waals surface area contributed by atoms with Crippen molar-refractivity contribution in [3.63, 3.8) is 0 Å². The lowest BCUT2D eigenvalue weighted by Gasteiger charge is -2.21. The normalized spacial score (nSPS) is 13.5. The van der Waals surface area contributed by atoms with Crippen LogP contribution in [0, 0.1) is 5.82 Å². The highest BCUT2D eigenvalue weighted by atomic mass is 19.1. The Balaban J connectivity index is 2.49. The predicted molar refractivity (Wildman–Crippen MR) is 69.0 cm³/mol. The number of halogens is 1. The van der Waals surface area contributed by atoms with Crippen molar-refractivity contribution in [2.24, 2.45) is 0 Å². The number of amides is 2. The second kappa shape index (κ2) is 6.29. The molecule has 0 aliphatic carbocycles. The van der Waals surface area contributed by atoms with Gasteiger partial charge >= 0.3 is 11.8 Å². The van der Waals surface area contributed by atoms with Crippen molar-refractivity contribution >= 4 is 17.5 Å². The summed E-state index contributed by atoms with van der Waals surface area (Å²) in [5.74, 6) is -2.14. The molecule has 0 unspecified atom stereocenters. The molecule has 0 bridgehead atoms. The van der Waals surface area contributed by atoms with Crippen molar-refractivity contribution in [2.75, 3.05) is 11.9 Å². The van der Waals surface area contributed by atoms with Crippen LogP contribution in [0.3, 0.4) is 0 Å². The van der Waals surface area contributed by atoms with Gasteiger partial charge in [0, 0.05) is 12.2 Å². The Hall–Kier alpha value is -1.95. The summed E-state index contributed by atoms with van der Waals surface area (Å²) in [4.78, 5) is 23.0. The van der Waals surface area contributed by atoms with E-state index in [4.69, 9.17) is 0 Å². The summed E-state index contributed by atoms with van der Waals surface area (Å²) in [6.45, 7) is 3.31. The highest BCUT2D eigenvalue weighted by Gasteiger charge is 2.21. The van der Waals surface area contributed by atoms with Crippen LogP contribution in [0.15, 0.2) is 24.3 Å². The minimum atomic E-state index is -1.05. The van der Waals surface area contributed by atoms with E-state index < -0.39 is 23.2 Å². The molecule has 6 heteroatoms. The van der Waals surface area contributed by atoms with Gasteiger partial charge in [-0.05, 0) is 37.6 Å². The third-order valence-electron chi connectivity index (χ3n) is 2.70. The van der Waals surface area contributed by atoms with E-state index in [1.165, 1.54) is 24.3 Å². The van der Waals surface area contributed by atoms with E-state index >= 15 is 0 Å². The summed E-state index contributed by atoms with van der Waals surface area (Å²) in [7, 11) is 0. The second-order valence-corrected chi connectivity index (χ2v) is 4.49. The van der Waals surface area contributed by atoms with Crippen LogP contribution in [0.5, 0.6) is 0 Å². The average Bonchev–Trinajstić information content (AvgIpc) is 2.38. The minimum Gasteiger partial charge on any atom is -0.388 e. The molecule has 104 valence electrons. The third kappa shape index (κ3) is 5.05. The fourth-order valence-electron chi connectivity index (χ4n) is 1.20. The molecule has 1 aromatic carbocycles. The van der Waals surface area contributed by atoms with Gasteiger partial charge in [-0.25, -0.2) is 4.39 Å². The lowest BCUT2D eigenvalue weighted by Crippen LogP contribution is -2.44. The number of nitrogens with one attached hydrogen (secondary N) is 2. The molecule has 1 aromatic rings. The second-order valence-electron chi connectivity index (χ2n) is 4.49. The maximum Gasteiger partial charge on any atom is 0.313 e. The van der Waals surface area contributed by atoms with E-state index in [-0.39, 0.29) is 6.54 Å². The molecule has 2 amide bonds. The summed E-state index contributed by atoms with van der Waals surface area (Å²) >= 11 is 0. The van der Waals surface area contributed by atoms with Crippen molar-refractivity contribution in [2.45, 2.75) is 25.9 Å². The zero-order valence-corrected chi connectivity index (χ0v) is 10.9. The Labute approximate surface area is 110 Å². The first kappa shape index (κ1) is 15.1. The zero-order valence-electron chi connectivity index (χ0n) is 10.9. The molecule has 0 aliphatic rings. The number of carbonyl (C=O) groups excluding carboxylic acids is 2. The van der Waals surface area contributed by atoms with Crippen LogP contribution in [0.1, 0.15) is 20.3 Å². The molecule has 0 saturated carbocycles. The molecule has 0 heterocycles. The smallest absolute Gasteiger partial charge is 0.313 e. The molecule has 0 fully saturated rings. The highest BCUT2D eigenvalue weighted by molar-refractivity contribution is 6.39. The van der Waals surface area contributed by atoms with Crippen molar-refractivity contribution in [1.82, 2.24) is 5.32 Å². The van der Waals surface area contributed by atoms with Crippen LogP contribution >= 0.6 is 0 Å². The van der Waals surface area contributed by atoms with E-state index in [1.807, 2.05) is 0 Å². The number of carbonyl (C=O) groups is 2. The largest absolute Gasteiger partial charge is 0.388 e. The Kier molecular flexibility index (Phi) is 5.00. The fourth-order valence-corrected chi connectivity index (χ4v) is 1.20. The fraction of sp³-hybridized carbons (Fsp3) is 0.385. The van der Waals surface area contributed by atoms with E-state index in [0.29, 0.717) is 12.1 Å². The number of rotatable bonds is 4. The molecule has 5 nitrogen and oxygen atoms in total. The maximum absolute atomic E-state index is 12.7. The first-order chi connectivity index (χ1) is 8.84. The maximum atomic E-state index is 12.7. The quantitative estimate of drug-likeness (QED) is 0.714. The van der Waals surface area contributed by atoms with Gasteiger partial charge in [0.1, 0.15) is 5.82 Å². The monoisotopic (exact) mass is 268 g/mol. The minimum absolute atomic E-state index is 0.0147. The summed E-state index contributed by atoms with van der Waals surface area (Å²) in [5.41, 5.74) is -0.727. The molecule has 0 aliphatic heterocycles.